The molecule has 1 atom stereocenters. The number of nitrogens with zero attached hydrogens (tertiary/aromatic N) is 5. The van der Waals surface area contributed by atoms with E-state index in [-0.39, 0.29) is 19.1 Å². The molecule has 35 heavy (non-hydrogen) atoms. The third-order valence-electron chi connectivity index (χ3n) is 6.02. The summed E-state index contributed by atoms with van der Waals surface area (Å²) in [6.07, 6.45) is 4.22. The van der Waals surface area contributed by atoms with Crippen molar-refractivity contribution in [2.45, 2.75) is 32.0 Å². The molecule has 4 heterocycles. The number of halogens is 2. The third kappa shape index (κ3) is 4.34. The summed E-state index contributed by atoms with van der Waals surface area (Å²) < 4.78 is 31.8. The van der Waals surface area contributed by atoms with E-state index in [0.29, 0.717) is 39.3 Å². The molecule has 8 nitrogen and oxygen atoms in total. The molecule has 0 unspecified atom stereocenters. The molecule has 0 fully saturated rings. The van der Waals surface area contributed by atoms with Crippen molar-refractivity contribution in [1.29, 1.82) is 5.26 Å². The molecular formula is C25H20F2N6O2. The predicted octanol–water partition coefficient (Wildman–Crippen LogP) is 4.13. The Bertz CT molecular complexity index is 1480. The molecular weight excluding hydrogens is 454 g/mol. The van der Waals surface area contributed by atoms with E-state index in [1.54, 1.807) is 43.5 Å². The minimum absolute atomic E-state index is 0.166. The van der Waals surface area contributed by atoms with E-state index in [2.05, 4.69) is 26.5 Å². The second-order valence-corrected chi connectivity index (χ2v) is 8.54. The summed E-state index contributed by atoms with van der Waals surface area (Å²) in [5, 5.41) is 16.9. The molecule has 176 valence electrons. The van der Waals surface area contributed by atoms with Crippen molar-refractivity contribution in [3.63, 3.8) is 0 Å². The SMILES string of the molecule is C[C@@]1(C#N)COCc2ccc(C(=O)NCc3cc4nc(-c5cnn(C(F)F)c5)ccc4cn3)cc21. The van der Waals surface area contributed by atoms with Crippen LogP contribution >= 0.6 is 0 Å². The average Bonchev–Trinajstić information content (AvgIpc) is 3.38. The van der Waals surface area contributed by atoms with Crippen molar-refractivity contribution >= 4 is 16.8 Å². The first-order valence-electron chi connectivity index (χ1n) is 10.9. The molecule has 0 saturated carbocycles. The number of carbonyl (C=O) groups excluding carboxylic acids is 1. The number of aromatic nitrogens is 4. The van der Waals surface area contributed by atoms with E-state index in [9.17, 15) is 18.8 Å². The molecule has 1 aliphatic rings. The van der Waals surface area contributed by atoms with E-state index in [0.717, 1.165) is 16.5 Å². The predicted molar refractivity (Wildman–Crippen MR) is 122 cm³/mol. The molecule has 3 aromatic heterocycles. The number of hydrogen-bond donors (Lipinski definition) is 1. The Labute approximate surface area is 199 Å². The molecule has 10 heteroatoms. The summed E-state index contributed by atoms with van der Waals surface area (Å²) in [6.45, 7) is -0.0697. The lowest BCUT2D eigenvalue weighted by Crippen LogP contribution is -2.33. The van der Waals surface area contributed by atoms with Gasteiger partial charge in [0.1, 0.15) is 5.41 Å². The van der Waals surface area contributed by atoms with Crippen LogP contribution in [0.5, 0.6) is 0 Å². The normalized spacial score (nSPS) is 17.2. The number of fused-ring (bicyclic) bond motifs is 2. The third-order valence-corrected chi connectivity index (χ3v) is 6.02. The number of pyridine rings is 2. The highest BCUT2D eigenvalue weighted by molar-refractivity contribution is 5.94. The zero-order chi connectivity index (χ0) is 24.6. The molecule has 5 rings (SSSR count). The summed E-state index contributed by atoms with van der Waals surface area (Å²) in [4.78, 5) is 21.7. The van der Waals surface area contributed by atoms with Gasteiger partial charge in [0.25, 0.3) is 5.91 Å². The highest BCUT2D eigenvalue weighted by Crippen LogP contribution is 2.32. The van der Waals surface area contributed by atoms with E-state index < -0.39 is 12.0 Å². The van der Waals surface area contributed by atoms with Gasteiger partial charge in [0, 0.05) is 28.9 Å². The minimum Gasteiger partial charge on any atom is -0.375 e. The summed E-state index contributed by atoms with van der Waals surface area (Å²) in [6, 6.07) is 12.8. The molecule has 1 aromatic carbocycles. The number of ether oxygens (including phenoxy) is 1. The standard InChI is InChI=1S/C25H20F2N6O2/c1-25(13-28)14-35-12-17-3-2-15(6-20(17)25)23(34)30-10-19-7-22-16(8-29-19)4-5-21(32-22)18-9-31-33(11-18)24(26)27/h2-9,11,24H,10,12,14H2,1H3,(H,30,34)/t25-/m1/s1. The Morgan fingerprint density at radius 3 is 2.91 bits per heavy atom. The summed E-state index contributed by atoms with van der Waals surface area (Å²) in [5.74, 6) is -0.289. The van der Waals surface area contributed by atoms with Crippen LogP contribution < -0.4 is 5.32 Å². The van der Waals surface area contributed by atoms with Crippen LogP contribution in [0.4, 0.5) is 8.78 Å². The van der Waals surface area contributed by atoms with Crippen LogP contribution in [0, 0.1) is 11.3 Å². The number of nitrogens with one attached hydrogen (secondary N) is 1. The fraction of sp³-hybridized carbons (Fsp3) is 0.240. The lowest BCUT2D eigenvalue weighted by molar-refractivity contribution is 0.0566. The van der Waals surface area contributed by atoms with Gasteiger partial charge in [0.2, 0.25) is 0 Å². The van der Waals surface area contributed by atoms with Crippen LogP contribution in [-0.2, 0) is 23.3 Å². The van der Waals surface area contributed by atoms with E-state index in [4.69, 9.17) is 4.74 Å². The largest absolute Gasteiger partial charge is 0.375 e. The maximum Gasteiger partial charge on any atom is 0.333 e. The number of rotatable bonds is 5. The fourth-order valence-corrected chi connectivity index (χ4v) is 4.06. The van der Waals surface area contributed by atoms with Crippen LogP contribution in [0.25, 0.3) is 22.2 Å². The highest BCUT2D eigenvalue weighted by atomic mass is 19.3. The molecule has 1 N–H and O–H groups in total. The van der Waals surface area contributed by atoms with Gasteiger partial charge in [-0.3, -0.25) is 9.78 Å². The Hall–Kier alpha value is -4.23. The van der Waals surface area contributed by atoms with Crippen molar-refractivity contribution in [2.75, 3.05) is 6.61 Å². The number of nitriles is 1. The molecule has 1 aliphatic heterocycles. The fourth-order valence-electron chi connectivity index (χ4n) is 4.06. The van der Waals surface area contributed by atoms with Gasteiger partial charge in [-0.1, -0.05) is 6.07 Å². The summed E-state index contributed by atoms with van der Waals surface area (Å²) >= 11 is 0. The molecule has 0 aliphatic carbocycles. The lowest BCUT2D eigenvalue weighted by atomic mass is 9.79. The smallest absolute Gasteiger partial charge is 0.333 e. The van der Waals surface area contributed by atoms with Crippen LogP contribution in [0.1, 0.15) is 40.7 Å². The summed E-state index contributed by atoms with van der Waals surface area (Å²) in [5.41, 5.74) is 3.52. The lowest BCUT2D eigenvalue weighted by Gasteiger charge is -2.30. The second kappa shape index (κ2) is 8.85. The van der Waals surface area contributed by atoms with Gasteiger partial charge in [0.15, 0.2) is 0 Å². The zero-order valence-electron chi connectivity index (χ0n) is 18.7. The zero-order valence-corrected chi connectivity index (χ0v) is 18.7. The van der Waals surface area contributed by atoms with Crippen molar-refractivity contribution in [2.24, 2.45) is 0 Å². The molecule has 4 aromatic rings. The monoisotopic (exact) mass is 474 g/mol. The van der Waals surface area contributed by atoms with Gasteiger partial charge in [-0.05, 0) is 48.4 Å². The van der Waals surface area contributed by atoms with Gasteiger partial charge >= 0.3 is 6.55 Å². The van der Waals surface area contributed by atoms with E-state index >= 15 is 0 Å². The molecule has 0 saturated heterocycles. The van der Waals surface area contributed by atoms with Crippen LogP contribution in [0.2, 0.25) is 0 Å². The number of carbonyl (C=O) groups is 1. The Balaban J connectivity index is 1.34. The molecule has 0 radical (unpaired) electrons. The molecule has 0 bridgehead atoms. The van der Waals surface area contributed by atoms with Crippen molar-refractivity contribution in [1.82, 2.24) is 25.1 Å². The topological polar surface area (TPSA) is 106 Å². The quantitative estimate of drug-likeness (QED) is 0.466. The highest BCUT2D eigenvalue weighted by Gasteiger charge is 2.33. The maximum atomic E-state index is 12.8. The van der Waals surface area contributed by atoms with Gasteiger partial charge in [-0.15, -0.1) is 0 Å². The molecule has 0 spiro atoms. The van der Waals surface area contributed by atoms with Crippen LogP contribution in [0.3, 0.4) is 0 Å². The van der Waals surface area contributed by atoms with Crippen LogP contribution in [0.15, 0.2) is 55.0 Å². The van der Waals surface area contributed by atoms with Crippen LogP contribution in [-0.4, -0.2) is 32.3 Å². The average molecular weight is 474 g/mol. The second-order valence-electron chi connectivity index (χ2n) is 8.54. The first-order chi connectivity index (χ1) is 16.9. The van der Waals surface area contributed by atoms with Crippen molar-refractivity contribution < 1.29 is 18.3 Å². The van der Waals surface area contributed by atoms with Gasteiger partial charge in [-0.25, -0.2) is 9.67 Å². The number of hydrogen-bond acceptors (Lipinski definition) is 6. The maximum absolute atomic E-state index is 12.8. The van der Waals surface area contributed by atoms with Crippen molar-refractivity contribution in [3.05, 3.63) is 77.4 Å². The summed E-state index contributed by atoms with van der Waals surface area (Å²) in [7, 11) is 0. The van der Waals surface area contributed by atoms with Gasteiger partial charge in [0.05, 0.1) is 48.9 Å². The Morgan fingerprint density at radius 2 is 2.14 bits per heavy atom. The number of alkyl halides is 2. The first kappa shape index (κ1) is 22.6. The number of benzene rings is 1. The van der Waals surface area contributed by atoms with Gasteiger partial charge in [-0.2, -0.15) is 19.1 Å². The van der Waals surface area contributed by atoms with E-state index in [1.165, 1.54) is 12.4 Å². The van der Waals surface area contributed by atoms with Gasteiger partial charge < -0.3 is 10.1 Å². The molecule has 1 amide bonds. The Morgan fingerprint density at radius 1 is 1.29 bits per heavy atom. The Kier molecular flexibility index (Phi) is 5.70. The first-order valence-corrected chi connectivity index (χ1v) is 10.9. The minimum atomic E-state index is -2.72. The van der Waals surface area contributed by atoms with Crippen molar-refractivity contribution in [3.8, 4) is 17.3 Å². The van der Waals surface area contributed by atoms with E-state index in [1.807, 2.05) is 6.07 Å². The number of amides is 1.